The second-order valence-electron chi connectivity index (χ2n) is 4.95. The molecule has 1 aromatic carbocycles. The molecule has 1 aromatic heterocycles. The average molecular weight is 338 g/mol. The number of carbonyl (C=O) groups excluding carboxylic acids is 1. The molecule has 1 amide bonds. The van der Waals surface area contributed by atoms with Crippen LogP contribution in [-0.2, 0) is 4.74 Å². The number of rotatable bonds is 5. The summed E-state index contributed by atoms with van der Waals surface area (Å²) in [5, 5.41) is 18.9. The number of hydrogen-bond acceptors (Lipinski definition) is 5. The van der Waals surface area contributed by atoms with Crippen LogP contribution < -0.4 is 5.32 Å². The van der Waals surface area contributed by atoms with Crippen LogP contribution in [0.1, 0.15) is 17.4 Å². The summed E-state index contributed by atoms with van der Waals surface area (Å²) in [6.07, 6.45) is 1.24. The van der Waals surface area contributed by atoms with Crippen molar-refractivity contribution < 1.29 is 13.9 Å². The van der Waals surface area contributed by atoms with E-state index in [1.807, 2.05) is 6.07 Å². The Bertz CT molecular complexity index is 773. The van der Waals surface area contributed by atoms with Crippen molar-refractivity contribution in [2.75, 3.05) is 13.7 Å². The zero-order valence-corrected chi connectivity index (χ0v) is 13.1. The minimum Gasteiger partial charge on any atom is -0.381 e. The summed E-state index contributed by atoms with van der Waals surface area (Å²) in [5.74, 6) is -1.30. The van der Waals surface area contributed by atoms with Crippen molar-refractivity contribution in [3.63, 3.8) is 0 Å². The lowest BCUT2D eigenvalue weighted by atomic mass is 10.1. The molecule has 9 heteroatoms. The van der Waals surface area contributed by atoms with E-state index in [4.69, 9.17) is 21.6 Å². The molecule has 0 aliphatic heterocycles. The zero-order chi connectivity index (χ0) is 17.0. The number of nitrogens with zero attached hydrogens (tertiary/aromatic N) is 4. The van der Waals surface area contributed by atoms with Gasteiger partial charge in [0.25, 0.3) is 5.91 Å². The van der Waals surface area contributed by atoms with Crippen molar-refractivity contribution in [3.05, 3.63) is 40.9 Å². The third-order valence-electron chi connectivity index (χ3n) is 2.97. The van der Waals surface area contributed by atoms with Crippen molar-refractivity contribution in [2.45, 2.75) is 12.5 Å². The molecule has 0 fully saturated rings. The van der Waals surface area contributed by atoms with Crippen LogP contribution in [0.3, 0.4) is 0 Å². The highest BCUT2D eigenvalue weighted by Crippen LogP contribution is 2.20. The van der Waals surface area contributed by atoms with E-state index in [2.05, 4.69) is 15.6 Å². The Morgan fingerprint density at radius 2 is 2.35 bits per heavy atom. The molecule has 1 unspecified atom stereocenters. The zero-order valence-electron chi connectivity index (χ0n) is 12.4. The Hall–Kier alpha value is -2.50. The highest BCUT2D eigenvalue weighted by Gasteiger charge is 2.28. The van der Waals surface area contributed by atoms with E-state index in [0.717, 1.165) is 4.68 Å². The molecule has 1 N–H and O–H groups in total. The molecule has 7 nitrogen and oxygen atoms in total. The van der Waals surface area contributed by atoms with Crippen molar-refractivity contribution in [2.24, 2.45) is 0 Å². The van der Waals surface area contributed by atoms with Gasteiger partial charge in [-0.1, -0.05) is 22.9 Å². The predicted molar refractivity (Wildman–Crippen MR) is 79.7 cm³/mol. The van der Waals surface area contributed by atoms with E-state index in [0.29, 0.717) is 0 Å². The lowest BCUT2D eigenvalue weighted by molar-refractivity contribution is 0.0855. The smallest absolute Gasteiger partial charge is 0.274 e. The number of nitrogens with one attached hydrogen (secondary N) is 1. The van der Waals surface area contributed by atoms with Crippen molar-refractivity contribution in [3.8, 4) is 11.8 Å². The van der Waals surface area contributed by atoms with E-state index in [1.54, 1.807) is 6.07 Å². The molecular weight excluding hydrogens is 325 g/mol. The fourth-order valence-corrected chi connectivity index (χ4v) is 2.02. The van der Waals surface area contributed by atoms with Crippen LogP contribution in [0.4, 0.5) is 4.39 Å². The van der Waals surface area contributed by atoms with Crippen LogP contribution in [0.15, 0.2) is 24.4 Å². The lowest BCUT2D eigenvalue weighted by Gasteiger charge is -2.21. The van der Waals surface area contributed by atoms with E-state index in [1.165, 1.54) is 32.4 Å². The highest BCUT2D eigenvalue weighted by molar-refractivity contribution is 6.30. The number of methoxy groups -OCH3 is 1. The monoisotopic (exact) mass is 337 g/mol. The number of carbonyl (C=O) groups is 1. The molecule has 23 heavy (non-hydrogen) atoms. The second kappa shape index (κ2) is 6.73. The van der Waals surface area contributed by atoms with Crippen LogP contribution in [0.25, 0.3) is 5.69 Å². The first-order valence-electron chi connectivity index (χ1n) is 6.49. The normalized spacial score (nSPS) is 13.2. The second-order valence-corrected chi connectivity index (χ2v) is 5.36. The van der Waals surface area contributed by atoms with Crippen molar-refractivity contribution >= 4 is 17.5 Å². The molecule has 2 aromatic rings. The fraction of sp³-hybridized carbons (Fsp3) is 0.286. The molecule has 0 aliphatic carbocycles. The maximum atomic E-state index is 13.9. The Balaban J connectivity index is 2.24. The van der Waals surface area contributed by atoms with Gasteiger partial charge in [0.15, 0.2) is 11.5 Å². The summed E-state index contributed by atoms with van der Waals surface area (Å²) < 4.78 is 19.9. The molecule has 0 saturated carbocycles. The minimum atomic E-state index is -1.21. The highest BCUT2D eigenvalue weighted by atomic mass is 35.5. The molecule has 1 atom stereocenters. The minimum absolute atomic E-state index is 0.00625. The summed E-state index contributed by atoms with van der Waals surface area (Å²) in [6.45, 7) is 1.52. The number of aromatic nitrogens is 3. The van der Waals surface area contributed by atoms with Gasteiger partial charge in [0.1, 0.15) is 11.2 Å². The lowest BCUT2D eigenvalue weighted by Crippen LogP contribution is -2.48. The average Bonchev–Trinajstić information content (AvgIpc) is 3.00. The maximum absolute atomic E-state index is 13.9. The Morgan fingerprint density at radius 3 is 3.00 bits per heavy atom. The molecule has 0 saturated heterocycles. The fourth-order valence-electron chi connectivity index (χ4n) is 1.85. The molecule has 0 radical (unpaired) electrons. The Morgan fingerprint density at radius 1 is 1.61 bits per heavy atom. The standard InChI is InChI=1S/C14H13ClFN5O2/c1-14(7-17,8-23-2)18-13(22)10-6-21(20-19-10)11-5-3-4-9(15)12(11)16/h3-6H,8H2,1-2H3,(H,18,22). The third kappa shape index (κ3) is 3.64. The van der Waals surface area contributed by atoms with E-state index in [9.17, 15) is 9.18 Å². The molecule has 2 rings (SSSR count). The Kier molecular flexibility index (Phi) is 4.93. The van der Waals surface area contributed by atoms with Crippen LogP contribution >= 0.6 is 11.6 Å². The number of hydrogen-bond donors (Lipinski definition) is 1. The van der Waals surface area contributed by atoms with Crippen LogP contribution in [0.2, 0.25) is 5.02 Å². The summed E-state index contributed by atoms with van der Waals surface area (Å²) in [4.78, 5) is 12.1. The van der Waals surface area contributed by atoms with E-state index in [-0.39, 0.29) is 23.0 Å². The summed E-state index contributed by atoms with van der Waals surface area (Å²) in [5.41, 5.74) is -1.22. The van der Waals surface area contributed by atoms with Crippen LogP contribution in [0.5, 0.6) is 0 Å². The maximum Gasteiger partial charge on any atom is 0.274 e. The largest absolute Gasteiger partial charge is 0.381 e. The summed E-state index contributed by atoms with van der Waals surface area (Å²) in [6, 6.07) is 6.34. The van der Waals surface area contributed by atoms with Gasteiger partial charge in [-0.05, 0) is 19.1 Å². The number of ether oxygens (including phenoxy) is 1. The first kappa shape index (κ1) is 16.9. The van der Waals surface area contributed by atoms with Gasteiger partial charge < -0.3 is 10.1 Å². The van der Waals surface area contributed by atoms with Gasteiger partial charge in [-0.2, -0.15) is 5.26 Å². The van der Waals surface area contributed by atoms with Crippen LogP contribution in [-0.4, -0.2) is 40.2 Å². The van der Waals surface area contributed by atoms with Gasteiger partial charge in [0.2, 0.25) is 0 Å². The van der Waals surface area contributed by atoms with E-state index >= 15 is 0 Å². The van der Waals surface area contributed by atoms with Gasteiger partial charge in [0.05, 0.1) is 23.9 Å². The number of benzene rings is 1. The van der Waals surface area contributed by atoms with Gasteiger partial charge in [-0.15, -0.1) is 5.10 Å². The molecule has 0 bridgehead atoms. The summed E-state index contributed by atoms with van der Waals surface area (Å²) >= 11 is 5.71. The van der Waals surface area contributed by atoms with Crippen molar-refractivity contribution in [1.29, 1.82) is 5.26 Å². The van der Waals surface area contributed by atoms with Gasteiger partial charge >= 0.3 is 0 Å². The molecule has 0 spiro atoms. The molecule has 0 aliphatic rings. The summed E-state index contributed by atoms with van der Waals surface area (Å²) in [7, 11) is 1.42. The predicted octanol–water partition coefficient (Wildman–Crippen LogP) is 1.72. The number of nitriles is 1. The topological polar surface area (TPSA) is 92.8 Å². The first-order valence-corrected chi connectivity index (χ1v) is 6.87. The number of halogens is 2. The Labute approximate surface area is 136 Å². The van der Waals surface area contributed by atoms with E-state index < -0.39 is 17.3 Å². The van der Waals surface area contributed by atoms with Crippen molar-refractivity contribution in [1.82, 2.24) is 20.3 Å². The van der Waals surface area contributed by atoms with Gasteiger partial charge in [0, 0.05) is 7.11 Å². The van der Waals surface area contributed by atoms with Gasteiger partial charge in [-0.3, -0.25) is 4.79 Å². The molecular formula is C14H13ClFN5O2. The SMILES string of the molecule is COCC(C)(C#N)NC(=O)c1cn(-c2cccc(Cl)c2F)nn1. The number of amides is 1. The molecule has 1 heterocycles. The van der Waals surface area contributed by atoms with Gasteiger partial charge in [-0.25, -0.2) is 9.07 Å². The third-order valence-corrected chi connectivity index (χ3v) is 3.27. The first-order chi connectivity index (χ1) is 10.9. The molecule has 120 valence electrons. The van der Waals surface area contributed by atoms with Crippen LogP contribution in [0, 0.1) is 17.1 Å². The quantitative estimate of drug-likeness (QED) is 0.896.